The lowest BCUT2D eigenvalue weighted by Gasteiger charge is -2.17. The van der Waals surface area contributed by atoms with Crippen LogP contribution in [0.4, 0.5) is 0 Å². The zero-order valence-electron chi connectivity index (χ0n) is 10.5. The van der Waals surface area contributed by atoms with Crippen LogP contribution in [0.3, 0.4) is 0 Å². The Labute approximate surface area is 111 Å². The zero-order valence-corrected chi connectivity index (χ0v) is 10.5. The van der Waals surface area contributed by atoms with Gasteiger partial charge in [0.05, 0.1) is 5.69 Å². The van der Waals surface area contributed by atoms with Crippen LogP contribution >= 0.6 is 0 Å². The van der Waals surface area contributed by atoms with Gasteiger partial charge in [0.1, 0.15) is 5.69 Å². The molecule has 1 aliphatic heterocycles. The van der Waals surface area contributed by atoms with Gasteiger partial charge >= 0.3 is 0 Å². The Hall–Kier alpha value is -2.42. The molecule has 0 spiro atoms. The van der Waals surface area contributed by atoms with Crippen LogP contribution in [0, 0.1) is 0 Å². The number of fused-ring (bicyclic) bond motifs is 3. The second-order valence-electron chi connectivity index (χ2n) is 4.78. The maximum absolute atomic E-state index is 4.38. The van der Waals surface area contributed by atoms with Gasteiger partial charge in [-0.15, -0.1) is 5.10 Å². The number of nitrogens with zero attached hydrogens (tertiary/aromatic N) is 3. The van der Waals surface area contributed by atoms with E-state index in [1.54, 1.807) is 0 Å². The molecule has 92 valence electrons. The Balaban J connectivity index is 1.97. The number of aryl methyl sites for hydroxylation is 2. The van der Waals surface area contributed by atoms with Crippen molar-refractivity contribution in [3.63, 3.8) is 0 Å². The highest BCUT2D eigenvalue weighted by molar-refractivity contribution is 5.80. The summed E-state index contributed by atoms with van der Waals surface area (Å²) in [6.07, 6.45) is 1.03. The first kappa shape index (κ1) is 10.5. The van der Waals surface area contributed by atoms with Gasteiger partial charge in [-0.3, -0.25) is 0 Å². The van der Waals surface area contributed by atoms with Crippen molar-refractivity contribution < 1.29 is 0 Å². The van der Waals surface area contributed by atoms with Gasteiger partial charge in [-0.25, -0.2) is 4.68 Å². The molecule has 0 atom stereocenters. The quantitative estimate of drug-likeness (QED) is 0.661. The van der Waals surface area contributed by atoms with Crippen molar-refractivity contribution in [2.45, 2.75) is 13.0 Å². The molecule has 0 N–H and O–H groups in total. The Morgan fingerprint density at radius 1 is 0.895 bits per heavy atom. The molecule has 3 nitrogen and oxygen atoms in total. The largest absolute Gasteiger partial charge is 0.244 e. The van der Waals surface area contributed by atoms with Crippen molar-refractivity contribution in [1.82, 2.24) is 15.0 Å². The van der Waals surface area contributed by atoms with Crippen LogP contribution in [0.1, 0.15) is 5.56 Å². The van der Waals surface area contributed by atoms with Gasteiger partial charge < -0.3 is 0 Å². The predicted molar refractivity (Wildman–Crippen MR) is 74.6 cm³/mol. The summed E-state index contributed by atoms with van der Waals surface area (Å²) in [4.78, 5) is 0. The highest BCUT2D eigenvalue weighted by atomic mass is 15.4. The lowest BCUT2D eigenvalue weighted by Crippen LogP contribution is -2.11. The summed E-state index contributed by atoms with van der Waals surface area (Å²) in [6.45, 7) is 0.909. The first-order valence-corrected chi connectivity index (χ1v) is 6.51. The topological polar surface area (TPSA) is 30.7 Å². The zero-order chi connectivity index (χ0) is 12.7. The normalized spacial score (nSPS) is 12.8. The van der Waals surface area contributed by atoms with Crippen molar-refractivity contribution in [2.24, 2.45) is 0 Å². The third kappa shape index (κ3) is 1.58. The Morgan fingerprint density at radius 2 is 1.68 bits per heavy atom. The van der Waals surface area contributed by atoms with E-state index in [0.717, 1.165) is 29.9 Å². The first-order valence-electron chi connectivity index (χ1n) is 6.51. The number of hydrogen-bond donors (Lipinski definition) is 0. The summed E-state index contributed by atoms with van der Waals surface area (Å²) in [7, 11) is 0. The molecule has 1 aromatic heterocycles. The SMILES string of the molecule is c1ccc(-c2nnn3c2-c2ccccc2CC3)cc1. The van der Waals surface area contributed by atoms with Gasteiger partial charge in [0.15, 0.2) is 0 Å². The predicted octanol–water partition coefficient (Wildman–Crippen LogP) is 3.17. The molecule has 2 heterocycles. The molecule has 0 saturated carbocycles. The standard InChI is InChI=1S/C16H13N3/c1-2-7-13(8-3-1)15-16-14-9-5-4-6-12(14)10-11-19(16)18-17-15/h1-9H,10-11H2. The summed E-state index contributed by atoms with van der Waals surface area (Å²) >= 11 is 0. The molecule has 0 aliphatic carbocycles. The molecule has 3 heteroatoms. The fourth-order valence-electron chi connectivity index (χ4n) is 2.72. The average Bonchev–Trinajstić information content (AvgIpc) is 2.92. The highest BCUT2D eigenvalue weighted by Gasteiger charge is 2.22. The van der Waals surface area contributed by atoms with E-state index in [1.807, 2.05) is 22.9 Å². The van der Waals surface area contributed by atoms with Crippen molar-refractivity contribution >= 4 is 0 Å². The molecule has 2 aromatic carbocycles. The molecular formula is C16H13N3. The van der Waals surface area contributed by atoms with E-state index in [1.165, 1.54) is 11.1 Å². The van der Waals surface area contributed by atoms with Gasteiger partial charge in [0, 0.05) is 17.7 Å². The van der Waals surface area contributed by atoms with Crippen LogP contribution in [0.15, 0.2) is 54.6 Å². The van der Waals surface area contributed by atoms with Gasteiger partial charge in [-0.1, -0.05) is 59.8 Å². The molecule has 0 fully saturated rings. The van der Waals surface area contributed by atoms with E-state index in [2.05, 4.69) is 46.7 Å². The molecule has 0 unspecified atom stereocenters. The first-order chi connectivity index (χ1) is 9.43. The van der Waals surface area contributed by atoms with Crippen LogP contribution in [-0.4, -0.2) is 15.0 Å². The summed E-state index contributed by atoms with van der Waals surface area (Å²) in [5.74, 6) is 0. The molecule has 0 bridgehead atoms. The maximum Gasteiger partial charge on any atom is 0.121 e. The molecule has 19 heavy (non-hydrogen) atoms. The summed E-state index contributed by atoms with van der Waals surface area (Å²) in [6, 6.07) is 18.8. The molecule has 0 radical (unpaired) electrons. The van der Waals surface area contributed by atoms with E-state index in [9.17, 15) is 0 Å². The van der Waals surface area contributed by atoms with Crippen LogP contribution in [0.25, 0.3) is 22.5 Å². The fourth-order valence-corrected chi connectivity index (χ4v) is 2.72. The average molecular weight is 247 g/mol. The van der Waals surface area contributed by atoms with E-state index in [4.69, 9.17) is 0 Å². The Bertz CT molecular complexity index is 729. The molecule has 4 rings (SSSR count). The smallest absolute Gasteiger partial charge is 0.121 e. The summed E-state index contributed by atoms with van der Waals surface area (Å²) in [5.41, 5.74) is 5.90. The van der Waals surface area contributed by atoms with Gasteiger partial charge in [-0.2, -0.15) is 0 Å². The Morgan fingerprint density at radius 3 is 2.58 bits per heavy atom. The number of hydrogen-bond acceptors (Lipinski definition) is 2. The van der Waals surface area contributed by atoms with Crippen LogP contribution in [0.5, 0.6) is 0 Å². The van der Waals surface area contributed by atoms with E-state index in [0.29, 0.717) is 0 Å². The van der Waals surface area contributed by atoms with Crippen molar-refractivity contribution in [2.75, 3.05) is 0 Å². The highest BCUT2D eigenvalue weighted by Crippen LogP contribution is 2.35. The third-order valence-electron chi connectivity index (χ3n) is 3.65. The lowest BCUT2D eigenvalue weighted by atomic mass is 9.95. The summed E-state index contributed by atoms with van der Waals surface area (Å²) < 4.78 is 2.02. The molecule has 3 aromatic rings. The lowest BCUT2D eigenvalue weighted by molar-refractivity contribution is 0.583. The second-order valence-corrected chi connectivity index (χ2v) is 4.78. The van der Waals surface area contributed by atoms with Gasteiger partial charge in [0.2, 0.25) is 0 Å². The van der Waals surface area contributed by atoms with Crippen LogP contribution in [-0.2, 0) is 13.0 Å². The van der Waals surface area contributed by atoms with Crippen LogP contribution < -0.4 is 0 Å². The minimum Gasteiger partial charge on any atom is -0.244 e. The van der Waals surface area contributed by atoms with E-state index < -0.39 is 0 Å². The minimum atomic E-state index is 0.909. The minimum absolute atomic E-state index is 0.909. The van der Waals surface area contributed by atoms with Crippen molar-refractivity contribution in [1.29, 1.82) is 0 Å². The van der Waals surface area contributed by atoms with E-state index >= 15 is 0 Å². The fraction of sp³-hybridized carbons (Fsp3) is 0.125. The van der Waals surface area contributed by atoms with Crippen molar-refractivity contribution in [3.05, 3.63) is 60.2 Å². The third-order valence-corrected chi connectivity index (χ3v) is 3.65. The molecule has 0 saturated heterocycles. The number of aromatic nitrogens is 3. The maximum atomic E-state index is 4.38. The van der Waals surface area contributed by atoms with E-state index in [-0.39, 0.29) is 0 Å². The molecule has 1 aliphatic rings. The second kappa shape index (κ2) is 4.05. The van der Waals surface area contributed by atoms with Gasteiger partial charge in [-0.05, 0) is 12.0 Å². The summed E-state index contributed by atoms with van der Waals surface area (Å²) in [5, 5.41) is 8.68. The monoisotopic (exact) mass is 247 g/mol. The van der Waals surface area contributed by atoms with Gasteiger partial charge in [0.25, 0.3) is 0 Å². The molecular weight excluding hydrogens is 234 g/mol. The van der Waals surface area contributed by atoms with Crippen LogP contribution in [0.2, 0.25) is 0 Å². The Kier molecular flexibility index (Phi) is 2.24. The number of benzene rings is 2. The number of rotatable bonds is 1. The van der Waals surface area contributed by atoms with Crippen molar-refractivity contribution in [3.8, 4) is 22.5 Å². The molecule has 0 amide bonds.